The summed E-state index contributed by atoms with van der Waals surface area (Å²) in [5.41, 5.74) is 0. The molecule has 0 aromatic rings. The Morgan fingerprint density at radius 2 is 2.15 bits per heavy atom. The quantitative estimate of drug-likeness (QED) is 0.525. The van der Waals surface area contributed by atoms with E-state index in [0.29, 0.717) is 10.7 Å². The van der Waals surface area contributed by atoms with E-state index in [1.807, 2.05) is 0 Å². The molecule has 1 aliphatic rings. The number of thiocarbonyl (C=S) groups is 1. The van der Waals surface area contributed by atoms with Gasteiger partial charge in [-0.1, -0.05) is 12.2 Å². The molecule has 1 fully saturated rings. The minimum absolute atomic E-state index is 0. The van der Waals surface area contributed by atoms with Crippen LogP contribution in [0, 0.1) is 0 Å². The molecule has 1 aliphatic heterocycles. The molecule has 0 amide bonds. The van der Waals surface area contributed by atoms with Crippen LogP contribution in [0.2, 0.25) is 0 Å². The third-order valence-corrected chi connectivity index (χ3v) is 4.41. The van der Waals surface area contributed by atoms with Gasteiger partial charge in [0.05, 0.1) is 11.5 Å². The zero-order chi connectivity index (χ0) is 9.35. The van der Waals surface area contributed by atoms with E-state index < -0.39 is 9.84 Å². The van der Waals surface area contributed by atoms with E-state index >= 15 is 0 Å². The second-order valence-corrected chi connectivity index (χ2v) is 6.29. The minimum Gasteiger partial charge on any atom is -0.369 e. The molecular weight excluding hydrogens is 228 g/mol. The Bertz CT molecular complexity index is 288. The fourth-order valence-corrected chi connectivity index (χ4v) is 3.32. The maximum Gasteiger partial charge on any atom is 0.152 e. The standard InChI is InChI=1S/C6H11NO2S3.H3N/c1-7(6(10)11)5-2-3-12(8,9)4-5;/h5H,2-4H2,1H3,(H,10,11);1H3/p+1. The van der Waals surface area contributed by atoms with Gasteiger partial charge in [-0.25, -0.2) is 8.42 Å². The molecule has 1 saturated heterocycles. The highest BCUT2D eigenvalue weighted by Crippen LogP contribution is 2.17. The van der Waals surface area contributed by atoms with Gasteiger partial charge in [0.1, 0.15) is 4.32 Å². The monoisotopic (exact) mass is 243 g/mol. The summed E-state index contributed by atoms with van der Waals surface area (Å²) in [4.78, 5) is 1.74. The van der Waals surface area contributed by atoms with Gasteiger partial charge in [0, 0.05) is 13.1 Å². The van der Waals surface area contributed by atoms with Crippen molar-refractivity contribution in [1.82, 2.24) is 11.1 Å². The van der Waals surface area contributed by atoms with Crippen LogP contribution in [0.1, 0.15) is 6.42 Å². The van der Waals surface area contributed by atoms with Gasteiger partial charge >= 0.3 is 0 Å². The van der Waals surface area contributed by atoms with Crippen LogP contribution in [-0.4, -0.2) is 42.2 Å². The molecule has 7 heteroatoms. The molecule has 13 heavy (non-hydrogen) atoms. The zero-order valence-corrected chi connectivity index (χ0v) is 10.3. The molecule has 1 unspecified atom stereocenters. The number of rotatable bonds is 1. The van der Waals surface area contributed by atoms with Gasteiger partial charge in [0.2, 0.25) is 0 Å². The van der Waals surface area contributed by atoms with Gasteiger partial charge in [0.25, 0.3) is 0 Å². The van der Waals surface area contributed by atoms with Gasteiger partial charge in [-0.05, 0) is 6.42 Å². The number of thiol groups is 1. The van der Waals surface area contributed by atoms with Crippen LogP contribution in [-0.2, 0) is 9.84 Å². The predicted molar refractivity (Wildman–Crippen MR) is 62.4 cm³/mol. The first-order valence-electron chi connectivity index (χ1n) is 3.58. The summed E-state index contributed by atoms with van der Waals surface area (Å²) >= 11 is 8.81. The second-order valence-electron chi connectivity index (χ2n) is 2.95. The molecular formula is C6H15N2O2S3+. The molecule has 4 N–H and O–H groups in total. The van der Waals surface area contributed by atoms with E-state index in [1.54, 1.807) is 11.9 Å². The minimum atomic E-state index is -2.81. The first kappa shape index (κ1) is 13.2. The van der Waals surface area contributed by atoms with Crippen molar-refractivity contribution >= 4 is 39.0 Å². The van der Waals surface area contributed by atoms with Crippen LogP contribution in [0.3, 0.4) is 0 Å². The maximum absolute atomic E-state index is 11.1. The SMILES string of the molecule is CN(C(=S)S)C1CCS(=O)(=O)C1.[NH4+]. The highest BCUT2D eigenvalue weighted by atomic mass is 32.2. The van der Waals surface area contributed by atoms with Crippen molar-refractivity contribution in [3.05, 3.63) is 0 Å². The molecule has 0 bridgehead atoms. The summed E-state index contributed by atoms with van der Waals surface area (Å²) in [6, 6.07) is 0.0278. The van der Waals surface area contributed by atoms with Gasteiger partial charge in [0.15, 0.2) is 9.84 Å². The van der Waals surface area contributed by atoms with E-state index in [9.17, 15) is 8.42 Å². The van der Waals surface area contributed by atoms with Crippen molar-refractivity contribution in [3.8, 4) is 0 Å². The van der Waals surface area contributed by atoms with E-state index in [1.165, 1.54) is 0 Å². The molecule has 1 heterocycles. The third kappa shape index (κ3) is 3.41. The molecule has 78 valence electrons. The Balaban J connectivity index is 0.00000144. The molecule has 0 radical (unpaired) electrons. The van der Waals surface area contributed by atoms with Crippen LogP contribution >= 0.6 is 24.8 Å². The van der Waals surface area contributed by atoms with Crippen molar-refractivity contribution in [2.45, 2.75) is 12.5 Å². The van der Waals surface area contributed by atoms with E-state index in [4.69, 9.17) is 12.2 Å². The molecule has 0 aromatic carbocycles. The van der Waals surface area contributed by atoms with Crippen LogP contribution in [0.15, 0.2) is 0 Å². The number of hydrogen-bond acceptors (Lipinski definition) is 3. The van der Waals surface area contributed by atoms with Crippen molar-refractivity contribution in [2.75, 3.05) is 18.6 Å². The molecule has 0 aliphatic carbocycles. The maximum atomic E-state index is 11.1. The zero-order valence-electron chi connectivity index (χ0n) is 7.73. The molecule has 1 rings (SSSR count). The van der Waals surface area contributed by atoms with E-state index in [2.05, 4.69) is 12.6 Å². The summed E-state index contributed by atoms with van der Waals surface area (Å²) in [6.45, 7) is 0. The highest BCUT2D eigenvalue weighted by Gasteiger charge is 2.30. The van der Waals surface area contributed by atoms with E-state index in [-0.39, 0.29) is 23.7 Å². The Morgan fingerprint density at radius 1 is 1.62 bits per heavy atom. The van der Waals surface area contributed by atoms with Crippen LogP contribution in [0.5, 0.6) is 0 Å². The van der Waals surface area contributed by atoms with Crippen LogP contribution in [0.4, 0.5) is 0 Å². The molecule has 0 aromatic heterocycles. The van der Waals surface area contributed by atoms with Crippen LogP contribution < -0.4 is 6.15 Å². The lowest BCUT2D eigenvalue weighted by molar-refractivity contribution is 0.409. The highest BCUT2D eigenvalue weighted by molar-refractivity contribution is 8.10. The average Bonchev–Trinajstić information content (AvgIpc) is 2.28. The summed E-state index contributed by atoms with van der Waals surface area (Å²) < 4.78 is 22.6. The Morgan fingerprint density at radius 3 is 2.46 bits per heavy atom. The Labute approximate surface area is 89.6 Å². The molecule has 0 spiro atoms. The molecule has 4 nitrogen and oxygen atoms in total. The van der Waals surface area contributed by atoms with Gasteiger partial charge in [-0.2, -0.15) is 0 Å². The lowest BCUT2D eigenvalue weighted by atomic mass is 10.2. The summed E-state index contributed by atoms with van der Waals surface area (Å²) in [7, 11) is -1.03. The van der Waals surface area contributed by atoms with Crippen molar-refractivity contribution < 1.29 is 8.42 Å². The lowest BCUT2D eigenvalue weighted by Crippen LogP contribution is -2.34. The number of quaternary nitrogens is 1. The molecule has 1 atom stereocenters. The summed E-state index contributed by atoms with van der Waals surface area (Å²) in [5.74, 6) is 0.489. The largest absolute Gasteiger partial charge is 0.369 e. The molecule has 0 saturated carbocycles. The fourth-order valence-electron chi connectivity index (χ4n) is 1.24. The number of hydrogen-bond donors (Lipinski definition) is 2. The van der Waals surface area contributed by atoms with Gasteiger partial charge in [-0.15, -0.1) is 12.6 Å². The summed E-state index contributed by atoms with van der Waals surface area (Å²) in [5, 5.41) is 0. The predicted octanol–water partition coefficient (Wildman–Crippen LogP) is 0.696. The Kier molecular flexibility index (Phi) is 4.64. The normalized spacial score (nSPS) is 24.9. The average molecular weight is 243 g/mol. The van der Waals surface area contributed by atoms with Crippen molar-refractivity contribution in [2.24, 2.45) is 0 Å². The fraction of sp³-hybridized carbons (Fsp3) is 0.833. The second kappa shape index (κ2) is 4.59. The van der Waals surface area contributed by atoms with Gasteiger partial charge in [-0.3, -0.25) is 0 Å². The third-order valence-electron chi connectivity index (χ3n) is 2.06. The summed E-state index contributed by atoms with van der Waals surface area (Å²) in [6.07, 6.45) is 0.666. The van der Waals surface area contributed by atoms with Crippen molar-refractivity contribution in [3.63, 3.8) is 0 Å². The Hall–Kier alpha value is 0.150. The van der Waals surface area contributed by atoms with E-state index in [0.717, 1.165) is 0 Å². The lowest BCUT2D eigenvalue weighted by Gasteiger charge is -2.22. The van der Waals surface area contributed by atoms with Crippen LogP contribution in [0.25, 0.3) is 0 Å². The first-order valence-corrected chi connectivity index (χ1v) is 6.26. The van der Waals surface area contributed by atoms with Gasteiger partial charge < -0.3 is 11.1 Å². The number of sulfone groups is 1. The number of nitrogens with zero attached hydrogens (tertiary/aromatic N) is 1. The topological polar surface area (TPSA) is 73.9 Å². The smallest absolute Gasteiger partial charge is 0.152 e. The van der Waals surface area contributed by atoms with Crippen molar-refractivity contribution in [1.29, 1.82) is 0 Å². The first-order chi connectivity index (χ1) is 5.42.